The van der Waals surface area contributed by atoms with Gasteiger partial charge in [0.05, 0.1) is 13.2 Å². The molecular formula is C12H22N2O2. The monoisotopic (exact) mass is 226 g/mol. The van der Waals surface area contributed by atoms with E-state index in [1.165, 1.54) is 25.7 Å². The Balaban J connectivity index is 1.57. The summed E-state index contributed by atoms with van der Waals surface area (Å²) in [6, 6.07) is 0.358. The molecule has 2 fully saturated rings. The summed E-state index contributed by atoms with van der Waals surface area (Å²) in [6.07, 6.45) is 5.10. The fourth-order valence-electron chi connectivity index (χ4n) is 1.91. The van der Waals surface area contributed by atoms with Gasteiger partial charge in [0.1, 0.15) is 0 Å². The fourth-order valence-corrected chi connectivity index (χ4v) is 1.91. The Labute approximate surface area is 97.1 Å². The summed E-state index contributed by atoms with van der Waals surface area (Å²) in [6.45, 7) is 2.00. The second-order valence-corrected chi connectivity index (χ2v) is 5.03. The van der Waals surface area contributed by atoms with Crippen molar-refractivity contribution in [3.63, 3.8) is 0 Å². The summed E-state index contributed by atoms with van der Waals surface area (Å²) in [7, 11) is 1.71. The summed E-state index contributed by atoms with van der Waals surface area (Å²) in [5.74, 6) is 1.59. The molecule has 2 aliphatic carbocycles. The van der Waals surface area contributed by atoms with Crippen molar-refractivity contribution in [1.82, 2.24) is 10.6 Å². The van der Waals surface area contributed by atoms with Gasteiger partial charge in [-0.2, -0.15) is 0 Å². The third kappa shape index (κ3) is 4.10. The Morgan fingerprint density at radius 3 is 2.69 bits per heavy atom. The second kappa shape index (κ2) is 5.64. The average molecular weight is 226 g/mol. The number of rotatable bonds is 8. The Bertz CT molecular complexity index is 237. The number of carbonyl (C=O) groups excluding carboxylic acids is 1. The number of hydrogen-bond acceptors (Lipinski definition) is 3. The quantitative estimate of drug-likeness (QED) is 0.634. The van der Waals surface area contributed by atoms with Gasteiger partial charge in [0.25, 0.3) is 0 Å². The van der Waals surface area contributed by atoms with Gasteiger partial charge in [0.2, 0.25) is 5.91 Å². The van der Waals surface area contributed by atoms with Crippen molar-refractivity contribution in [2.45, 2.75) is 31.7 Å². The first-order valence-corrected chi connectivity index (χ1v) is 6.28. The normalized spacial score (nSPS) is 21.8. The van der Waals surface area contributed by atoms with Crippen LogP contribution in [0.1, 0.15) is 25.7 Å². The lowest BCUT2D eigenvalue weighted by Gasteiger charge is -2.16. The van der Waals surface area contributed by atoms with Gasteiger partial charge in [-0.05, 0) is 37.5 Å². The molecule has 0 bridgehead atoms. The summed E-state index contributed by atoms with van der Waals surface area (Å²) in [5, 5.41) is 6.25. The van der Waals surface area contributed by atoms with E-state index in [0.717, 1.165) is 18.4 Å². The van der Waals surface area contributed by atoms with Crippen LogP contribution in [-0.4, -0.2) is 38.8 Å². The van der Waals surface area contributed by atoms with Gasteiger partial charge < -0.3 is 15.4 Å². The molecule has 4 heteroatoms. The topological polar surface area (TPSA) is 50.4 Å². The van der Waals surface area contributed by atoms with Crippen molar-refractivity contribution in [3.8, 4) is 0 Å². The highest BCUT2D eigenvalue weighted by atomic mass is 16.5. The van der Waals surface area contributed by atoms with Crippen LogP contribution in [-0.2, 0) is 9.53 Å². The third-order valence-corrected chi connectivity index (χ3v) is 3.35. The number of nitrogens with one attached hydrogen (secondary N) is 2. The van der Waals surface area contributed by atoms with E-state index in [1.807, 2.05) is 0 Å². The second-order valence-electron chi connectivity index (χ2n) is 5.03. The minimum Gasteiger partial charge on any atom is -0.383 e. The molecule has 2 saturated carbocycles. The molecule has 0 radical (unpaired) electrons. The molecule has 2 N–H and O–H groups in total. The van der Waals surface area contributed by atoms with Gasteiger partial charge in [-0.15, -0.1) is 0 Å². The molecule has 2 rings (SSSR count). The maximum Gasteiger partial charge on any atom is 0.233 e. The van der Waals surface area contributed by atoms with Crippen LogP contribution in [0.2, 0.25) is 0 Å². The number of ether oxygens (including phenoxy) is 1. The van der Waals surface area contributed by atoms with Crippen LogP contribution in [0, 0.1) is 11.8 Å². The third-order valence-electron chi connectivity index (χ3n) is 3.35. The standard InChI is InChI=1S/C12H22N2O2/c1-16-8-11(10-4-5-10)13-7-12(15)14-6-9-2-3-9/h9-11,13H,2-8H2,1H3,(H,14,15). The Hall–Kier alpha value is -0.610. The largest absolute Gasteiger partial charge is 0.383 e. The Morgan fingerprint density at radius 2 is 2.12 bits per heavy atom. The predicted molar refractivity (Wildman–Crippen MR) is 62.1 cm³/mol. The van der Waals surface area contributed by atoms with E-state index in [2.05, 4.69) is 10.6 Å². The summed E-state index contributed by atoms with van der Waals surface area (Å²) in [4.78, 5) is 11.5. The minimum absolute atomic E-state index is 0.119. The van der Waals surface area contributed by atoms with Crippen LogP contribution < -0.4 is 10.6 Å². The van der Waals surface area contributed by atoms with E-state index in [1.54, 1.807) is 7.11 Å². The summed E-state index contributed by atoms with van der Waals surface area (Å²) >= 11 is 0. The molecule has 1 atom stereocenters. The summed E-state index contributed by atoms with van der Waals surface area (Å²) < 4.78 is 5.15. The molecule has 0 aromatic carbocycles. The fraction of sp³-hybridized carbons (Fsp3) is 0.917. The molecule has 1 unspecified atom stereocenters. The van der Waals surface area contributed by atoms with Crippen molar-refractivity contribution in [2.75, 3.05) is 26.8 Å². The van der Waals surface area contributed by atoms with Gasteiger partial charge in [-0.25, -0.2) is 0 Å². The molecule has 16 heavy (non-hydrogen) atoms. The zero-order chi connectivity index (χ0) is 11.4. The number of amides is 1. The van der Waals surface area contributed by atoms with Gasteiger partial charge >= 0.3 is 0 Å². The van der Waals surface area contributed by atoms with Crippen LogP contribution in [0.5, 0.6) is 0 Å². The maximum atomic E-state index is 11.5. The van der Waals surface area contributed by atoms with E-state index >= 15 is 0 Å². The molecule has 0 spiro atoms. The molecule has 0 aliphatic heterocycles. The molecule has 92 valence electrons. The molecule has 4 nitrogen and oxygen atoms in total. The average Bonchev–Trinajstić information content (AvgIpc) is 3.15. The van der Waals surface area contributed by atoms with Crippen LogP contribution in [0.3, 0.4) is 0 Å². The van der Waals surface area contributed by atoms with Gasteiger partial charge in [-0.3, -0.25) is 4.79 Å². The van der Waals surface area contributed by atoms with Crippen LogP contribution in [0.15, 0.2) is 0 Å². The molecule has 0 saturated heterocycles. The van der Waals surface area contributed by atoms with Gasteiger partial charge in [0, 0.05) is 19.7 Å². The van der Waals surface area contributed by atoms with Crippen LogP contribution in [0.4, 0.5) is 0 Å². The van der Waals surface area contributed by atoms with E-state index in [-0.39, 0.29) is 5.91 Å². The zero-order valence-corrected chi connectivity index (χ0v) is 10.00. The SMILES string of the molecule is COCC(NCC(=O)NCC1CC1)C1CC1. The Morgan fingerprint density at radius 1 is 1.38 bits per heavy atom. The van der Waals surface area contributed by atoms with Gasteiger partial charge in [-0.1, -0.05) is 0 Å². The zero-order valence-electron chi connectivity index (χ0n) is 10.00. The lowest BCUT2D eigenvalue weighted by molar-refractivity contribution is -0.120. The molecule has 0 aromatic heterocycles. The highest BCUT2D eigenvalue weighted by Gasteiger charge is 2.31. The molecular weight excluding hydrogens is 204 g/mol. The van der Waals surface area contributed by atoms with E-state index < -0.39 is 0 Å². The van der Waals surface area contributed by atoms with E-state index in [4.69, 9.17) is 4.74 Å². The first-order chi connectivity index (χ1) is 7.79. The van der Waals surface area contributed by atoms with Crippen molar-refractivity contribution in [2.24, 2.45) is 11.8 Å². The van der Waals surface area contributed by atoms with Crippen molar-refractivity contribution < 1.29 is 9.53 Å². The molecule has 0 heterocycles. The Kier molecular flexibility index (Phi) is 4.18. The molecule has 2 aliphatic rings. The lowest BCUT2D eigenvalue weighted by atomic mass is 10.2. The van der Waals surface area contributed by atoms with Crippen molar-refractivity contribution in [3.05, 3.63) is 0 Å². The maximum absolute atomic E-state index is 11.5. The minimum atomic E-state index is 0.119. The summed E-state index contributed by atoms with van der Waals surface area (Å²) in [5.41, 5.74) is 0. The van der Waals surface area contributed by atoms with Crippen molar-refractivity contribution in [1.29, 1.82) is 0 Å². The number of hydrogen-bond donors (Lipinski definition) is 2. The van der Waals surface area contributed by atoms with Crippen LogP contribution in [0.25, 0.3) is 0 Å². The van der Waals surface area contributed by atoms with E-state index in [9.17, 15) is 4.79 Å². The van der Waals surface area contributed by atoms with Gasteiger partial charge in [0.15, 0.2) is 0 Å². The molecule has 0 aromatic rings. The highest BCUT2D eigenvalue weighted by molar-refractivity contribution is 5.78. The highest BCUT2D eigenvalue weighted by Crippen LogP contribution is 2.32. The smallest absolute Gasteiger partial charge is 0.233 e. The first kappa shape index (κ1) is 11.9. The number of carbonyl (C=O) groups is 1. The van der Waals surface area contributed by atoms with E-state index in [0.29, 0.717) is 19.2 Å². The predicted octanol–water partition coefficient (Wildman–Crippen LogP) is 0.527. The van der Waals surface area contributed by atoms with Crippen LogP contribution >= 0.6 is 0 Å². The van der Waals surface area contributed by atoms with Crippen molar-refractivity contribution >= 4 is 5.91 Å². The number of methoxy groups -OCH3 is 1. The molecule has 1 amide bonds. The first-order valence-electron chi connectivity index (χ1n) is 6.28. The lowest BCUT2D eigenvalue weighted by Crippen LogP contribution is -2.42.